The largest absolute Gasteiger partial charge is 0.317 e. The molecule has 1 nitrogen and oxygen atoms in total. The Bertz CT molecular complexity index is 396. The summed E-state index contributed by atoms with van der Waals surface area (Å²) < 4.78 is 0. The average Bonchev–Trinajstić information content (AvgIpc) is 2.90. The minimum absolute atomic E-state index is 0.739. The van der Waals surface area contributed by atoms with Crippen LogP contribution in [0.3, 0.4) is 0 Å². The number of nitrogens with one attached hydrogen (secondary N) is 1. The van der Waals surface area contributed by atoms with Gasteiger partial charge in [-0.3, -0.25) is 0 Å². The Hall–Kier alpha value is -0.530. The fraction of sp³-hybridized carbons (Fsp3) is 0.647. The van der Waals surface area contributed by atoms with Gasteiger partial charge in [0.25, 0.3) is 0 Å². The van der Waals surface area contributed by atoms with Crippen LogP contribution in [0.1, 0.15) is 43.7 Å². The third-order valence-electron chi connectivity index (χ3n) is 4.41. The second-order valence-corrected chi connectivity index (χ2v) is 6.32. The van der Waals surface area contributed by atoms with Crippen molar-refractivity contribution in [1.82, 2.24) is 5.32 Å². The zero-order valence-corrected chi connectivity index (χ0v) is 13.0. The van der Waals surface area contributed by atoms with E-state index in [1.165, 1.54) is 36.8 Å². The van der Waals surface area contributed by atoms with E-state index in [2.05, 4.69) is 37.4 Å². The summed E-state index contributed by atoms with van der Waals surface area (Å²) in [6.07, 6.45) is 6.75. The Morgan fingerprint density at radius 2 is 2.05 bits per heavy atom. The molecule has 0 saturated heterocycles. The van der Waals surface area contributed by atoms with Crippen molar-refractivity contribution in [2.45, 2.75) is 46.0 Å². The van der Waals surface area contributed by atoms with Gasteiger partial charge < -0.3 is 5.32 Å². The summed E-state index contributed by atoms with van der Waals surface area (Å²) in [5, 5.41) is 4.48. The molecule has 0 radical (unpaired) electrons. The lowest BCUT2D eigenvalue weighted by molar-refractivity contribution is 0.323. The fourth-order valence-electron chi connectivity index (χ4n) is 3.26. The summed E-state index contributed by atoms with van der Waals surface area (Å²) in [5.74, 6) is 1.62. The lowest BCUT2D eigenvalue weighted by atomic mass is 9.85. The Balaban J connectivity index is 2.05. The van der Waals surface area contributed by atoms with E-state index in [9.17, 15) is 0 Å². The summed E-state index contributed by atoms with van der Waals surface area (Å²) >= 11 is 6.39. The van der Waals surface area contributed by atoms with Crippen molar-refractivity contribution < 1.29 is 0 Å². The maximum absolute atomic E-state index is 6.39. The van der Waals surface area contributed by atoms with Crippen LogP contribution in [0.5, 0.6) is 0 Å². The van der Waals surface area contributed by atoms with Gasteiger partial charge in [0.05, 0.1) is 0 Å². The number of hydrogen-bond donors (Lipinski definition) is 1. The van der Waals surface area contributed by atoms with Crippen LogP contribution in [0, 0.1) is 18.8 Å². The molecule has 19 heavy (non-hydrogen) atoms. The summed E-state index contributed by atoms with van der Waals surface area (Å²) in [5.41, 5.74) is 2.57. The summed E-state index contributed by atoms with van der Waals surface area (Å²) in [7, 11) is 0. The Labute approximate surface area is 122 Å². The molecule has 0 bridgehead atoms. The molecule has 1 aromatic rings. The molecule has 106 valence electrons. The van der Waals surface area contributed by atoms with Crippen molar-refractivity contribution in [3.8, 4) is 0 Å². The maximum atomic E-state index is 6.39. The molecule has 2 rings (SSSR count). The van der Waals surface area contributed by atoms with Crippen LogP contribution in [-0.4, -0.2) is 13.1 Å². The van der Waals surface area contributed by atoms with Crippen LogP contribution in [0.25, 0.3) is 0 Å². The van der Waals surface area contributed by atoms with E-state index in [1.807, 2.05) is 0 Å². The molecular weight excluding hydrogens is 254 g/mol. The molecule has 0 aromatic heterocycles. The fourth-order valence-corrected chi connectivity index (χ4v) is 3.58. The van der Waals surface area contributed by atoms with E-state index in [0.717, 1.165) is 36.4 Å². The van der Waals surface area contributed by atoms with E-state index in [0.29, 0.717) is 0 Å². The number of rotatable bonds is 6. The highest BCUT2D eigenvalue weighted by molar-refractivity contribution is 6.31. The summed E-state index contributed by atoms with van der Waals surface area (Å²) in [4.78, 5) is 0. The first kappa shape index (κ1) is 14.9. The number of aryl methyl sites for hydroxylation is 1. The minimum Gasteiger partial charge on any atom is -0.317 e. The molecule has 0 spiro atoms. The van der Waals surface area contributed by atoms with Gasteiger partial charge in [-0.2, -0.15) is 0 Å². The van der Waals surface area contributed by atoms with Gasteiger partial charge in [0.1, 0.15) is 0 Å². The molecule has 1 atom stereocenters. The van der Waals surface area contributed by atoms with Gasteiger partial charge in [-0.25, -0.2) is 0 Å². The quantitative estimate of drug-likeness (QED) is 0.802. The first-order valence-corrected chi connectivity index (χ1v) is 8.04. The van der Waals surface area contributed by atoms with E-state index in [-0.39, 0.29) is 0 Å². The van der Waals surface area contributed by atoms with Crippen molar-refractivity contribution in [2.24, 2.45) is 11.8 Å². The van der Waals surface area contributed by atoms with E-state index < -0.39 is 0 Å². The predicted octanol–water partition coefficient (Wildman–Crippen LogP) is 4.61. The minimum atomic E-state index is 0.739. The molecule has 1 aliphatic rings. The molecule has 1 aliphatic carbocycles. The van der Waals surface area contributed by atoms with Crippen LogP contribution in [0.2, 0.25) is 5.02 Å². The highest BCUT2D eigenvalue weighted by Crippen LogP contribution is 2.34. The van der Waals surface area contributed by atoms with Crippen molar-refractivity contribution in [1.29, 1.82) is 0 Å². The molecular formula is C17H26ClN. The molecule has 0 heterocycles. The van der Waals surface area contributed by atoms with Crippen LogP contribution in [-0.2, 0) is 6.42 Å². The summed E-state index contributed by atoms with van der Waals surface area (Å²) in [6, 6.07) is 6.49. The lowest BCUT2D eigenvalue weighted by Crippen LogP contribution is -2.29. The standard InChI is InChI=1S/C17H26ClN/c1-3-19-12-16(14-6-4-5-7-14)11-15-9-8-13(2)10-17(15)18/h8-10,14,16,19H,3-7,11-12H2,1-2H3. The average molecular weight is 280 g/mol. The van der Waals surface area contributed by atoms with Crippen molar-refractivity contribution in [2.75, 3.05) is 13.1 Å². The third kappa shape index (κ3) is 4.22. The Morgan fingerprint density at radius 1 is 1.32 bits per heavy atom. The highest BCUT2D eigenvalue weighted by Gasteiger charge is 2.25. The highest BCUT2D eigenvalue weighted by atomic mass is 35.5. The second kappa shape index (κ2) is 7.31. The van der Waals surface area contributed by atoms with Crippen LogP contribution in [0.4, 0.5) is 0 Å². The van der Waals surface area contributed by atoms with Gasteiger partial charge in [0, 0.05) is 5.02 Å². The van der Waals surface area contributed by atoms with Gasteiger partial charge in [-0.1, -0.05) is 56.3 Å². The third-order valence-corrected chi connectivity index (χ3v) is 4.77. The maximum Gasteiger partial charge on any atom is 0.0440 e. The summed E-state index contributed by atoms with van der Waals surface area (Å²) in [6.45, 7) is 6.48. The zero-order valence-electron chi connectivity index (χ0n) is 12.2. The molecule has 2 heteroatoms. The lowest BCUT2D eigenvalue weighted by Gasteiger charge is -2.24. The van der Waals surface area contributed by atoms with Gasteiger partial charge >= 0.3 is 0 Å². The second-order valence-electron chi connectivity index (χ2n) is 5.91. The van der Waals surface area contributed by atoms with Crippen LogP contribution >= 0.6 is 11.6 Å². The number of benzene rings is 1. The van der Waals surface area contributed by atoms with E-state index in [1.54, 1.807) is 0 Å². The molecule has 1 saturated carbocycles. The Morgan fingerprint density at radius 3 is 2.68 bits per heavy atom. The van der Waals surface area contributed by atoms with Gasteiger partial charge in [0.2, 0.25) is 0 Å². The number of hydrogen-bond acceptors (Lipinski definition) is 1. The molecule has 1 aromatic carbocycles. The molecule has 0 aliphatic heterocycles. The SMILES string of the molecule is CCNCC(Cc1ccc(C)cc1Cl)C1CCCC1. The first-order valence-electron chi connectivity index (χ1n) is 7.66. The topological polar surface area (TPSA) is 12.0 Å². The van der Waals surface area contributed by atoms with Crippen LogP contribution < -0.4 is 5.32 Å². The smallest absolute Gasteiger partial charge is 0.0440 e. The molecule has 1 unspecified atom stereocenters. The molecule has 1 fully saturated rings. The zero-order chi connectivity index (χ0) is 13.7. The number of halogens is 1. The van der Waals surface area contributed by atoms with Crippen molar-refractivity contribution >= 4 is 11.6 Å². The Kier molecular flexibility index (Phi) is 5.72. The molecule has 0 amide bonds. The predicted molar refractivity (Wildman–Crippen MR) is 83.9 cm³/mol. The first-order chi connectivity index (χ1) is 9.20. The normalized spacial score (nSPS) is 17.8. The van der Waals surface area contributed by atoms with Crippen molar-refractivity contribution in [3.05, 3.63) is 34.3 Å². The van der Waals surface area contributed by atoms with Gasteiger partial charge in [-0.05, 0) is 55.5 Å². The van der Waals surface area contributed by atoms with Gasteiger partial charge in [0.15, 0.2) is 0 Å². The van der Waals surface area contributed by atoms with E-state index >= 15 is 0 Å². The van der Waals surface area contributed by atoms with E-state index in [4.69, 9.17) is 11.6 Å². The monoisotopic (exact) mass is 279 g/mol. The van der Waals surface area contributed by atoms with Gasteiger partial charge in [-0.15, -0.1) is 0 Å². The van der Waals surface area contributed by atoms with Crippen molar-refractivity contribution in [3.63, 3.8) is 0 Å². The van der Waals surface area contributed by atoms with Crippen LogP contribution in [0.15, 0.2) is 18.2 Å². The molecule has 1 N–H and O–H groups in total.